The van der Waals surface area contributed by atoms with Gasteiger partial charge in [-0.25, -0.2) is 4.98 Å². The third kappa shape index (κ3) is 4.16. The van der Waals surface area contributed by atoms with Crippen LogP contribution in [0.3, 0.4) is 0 Å². The first kappa shape index (κ1) is 15.7. The molecule has 0 unspecified atom stereocenters. The summed E-state index contributed by atoms with van der Waals surface area (Å²) < 4.78 is 0. The summed E-state index contributed by atoms with van der Waals surface area (Å²) >= 11 is 0. The van der Waals surface area contributed by atoms with Crippen LogP contribution in [0, 0.1) is 0 Å². The van der Waals surface area contributed by atoms with Crippen molar-refractivity contribution >= 4 is 11.8 Å². The Bertz CT molecular complexity index is 787. The predicted molar refractivity (Wildman–Crippen MR) is 97.7 cm³/mol. The molecule has 0 aliphatic rings. The summed E-state index contributed by atoms with van der Waals surface area (Å²) in [5.74, 6) is 1.32. The maximum Gasteiger partial charge on any atom is 0.225 e. The van der Waals surface area contributed by atoms with Gasteiger partial charge in [0.1, 0.15) is 5.82 Å². The maximum absolute atomic E-state index is 4.57. The fourth-order valence-corrected chi connectivity index (χ4v) is 2.22. The van der Waals surface area contributed by atoms with Gasteiger partial charge in [0.25, 0.3) is 0 Å². The van der Waals surface area contributed by atoms with E-state index in [1.54, 1.807) is 12.3 Å². The molecule has 2 heterocycles. The summed E-state index contributed by atoms with van der Waals surface area (Å²) in [7, 11) is 0. The average Bonchev–Trinajstić information content (AvgIpc) is 2.66. The van der Waals surface area contributed by atoms with Gasteiger partial charge in [0.2, 0.25) is 5.95 Å². The van der Waals surface area contributed by atoms with E-state index in [9.17, 15) is 0 Å². The summed E-state index contributed by atoms with van der Waals surface area (Å²) in [6.07, 6.45) is 3.56. The van der Waals surface area contributed by atoms with Crippen LogP contribution >= 0.6 is 0 Å². The lowest BCUT2D eigenvalue weighted by molar-refractivity contribution is 1.02. The number of aromatic nitrogens is 3. The molecule has 0 spiro atoms. The maximum atomic E-state index is 4.57. The lowest BCUT2D eigenvalue weighted by Gasteiger charge is -2.10. The summed E-state index contributed by atoms with van der Waals surface area (Å²) in [6.45, 7) is 4.93. The van der Waals surface area contributed by atoms with Crippen LogP contribution in [0.2, 0.25) is 0 Å². The molecule has 5 nitrogen and oxygen atoms in total. The van der Waals surface area contributed by atoms with Crippen molar-refractivity contribution in [1.82, 2.24) is 15.0 Å². The van der Waals surface area contributed by atoms with Gasteiger partial charge in [0.15, 0.2) is 0 Å². The van der Waals surface area contributed by atoms with Gasteiger partial charge in [-0.15, -0.1) is 6.58 Å². The zero-order valence-electron chi connectivity index (χ0n) is 13.3. The molecule has 0 saturated carbocycles. The van der Waals surface area contributed by atoms with Crippen molar-refractivity contribution in [2.75, 3.05) is 17.2 Å². The van der Waals surface area contributed by atoms with E-state index >= 15 is 0 Å². The molecule has 0 bridgehead atoms. The van der Waals surface area contributed by atoms with Crippen molar-refractivity contribution in [3.05, 3.63) is 79.1 Å². The Morgan fingerprint density at radius 2 is 1.79 bits per heavy atom. The average molecular weight is 317 g/mol. The van der Waals surface area contributed by atoms with Crippen LogP contribution < -0.4 is 10.6 Å². The molecule has 0 aliphatic carbocycles. The third-order valence-corrected chi connectivity index (χ3v) is 3.38. The second-order valence-corrected chi connectivity index (χ2v) is 5.17. The summed E-state index contributed by atoms with van der Waals surface area (Å²) in [4.78, 5) is 13.4. The minimum Gasteiger partial charge on any atom is -0.364 e. The van der Waals surface area contributed by atoms with Crippen molar-refractivity contribution in [2.24, 2.45) is 0 Å². The SMILES string of the molecule is C=CCNc1nc(NCc2ccccn2)cc(-c2ccccc2)n1. The summed E-state index contributed by atoms with van der Waals surface area (Å²) in [5, 5.41) is 6.46. The smallest absolute Gasteiger partial charge is 0.225 e. The highest BCUT2D eigenvalue weighted by molar-refractivity contribution is 5.64. The summed E-state index contributed by atoms with van der Waals surface area (Å²) in [5.41, 5.74) is 2.86. The van der Waals surface area contributed by atoms with E-state index in [2.05, 4.69) is 32.2 Å². The molecule has 2 N–H and O–H groups in total. The van der Waals surface area contributed by atoms with Crippen molar-refractivity contribution in [1.29, 1.82) is 0 Å². The van der Waals surface area contributed by atoms with E-state index in [0.29, 0.717) is 19.0 Å². The van der Waals surface area contributed by atoms with Gasteiger partial charge in [-0.3, -0.25) is 4.98 Å². The van der Waals surface area contributed by atoms with E-state index < -0.39 is 0 Å². The van der Waals surface area contributed by atoms with Gasteiger partial charge in [0.05, 0.1) is 17.9 Å². The van der Waals surface area contributed by atoms with E-state index in [1.807, 2.05) is 54.6 Å². The van der Waals surface area contributed by atoms with Gasteiger partial charge in [0, 0.05) is 24.4 Å². The highest BCUT2D eigenvalue weighted by Crippen LogP contribution is 2.21. The van der Waals surface area contributed by atoms with Crippen LogP contribution in [0.1, 0.15) is 5.69 Å². The fraction of sp³-hybridized carbons (Fsp3) is 0.105. The molecule has 0 amide bonds. The standard InChI is InChI=1S/C19H19N5/c1-2-11-21-19-23-17(15-8-4-3-5-9-15)13-18(24-19)22-14-16-10-6-7-12-20-16/h2-10,12-13H,1,11,14H2,(H2,21,22,23,24). The van der Waals surface area contributed by atoms with Crippen molar-refractivity contribution in [3.63, 3.8) is 0 Å². The number of anilines is 2. The van der Waals surface area contributed by atoms with Gasteiger partial charge in [-0.1, -0.05) is 42.5 Å². The number of benzene rings is 1. The molecule has 24 heavy (non-hydrogen) atoms. The quantitative estimate of drug-likeness (QED) is 0.650. The lowest BCUT2D eigenvalue weighted by atomic mass is 10.1. The molecule has 0 fully saturated rings. The molecule has 3 rings (SSSR count). The van der Waals surface area contributed by atoms with E-state index in [-0.39, 0.29) is 0 Å². The minimum absolute atomic E-state index is 0.569. The molecular weight excluding hydrogens is 298 g/mol. The monoisotopic (exact) mass is 317 g/mol. The van der Waals surface area contributed by atoms with Crippen LogP contribution in [-0.2, 0) is 6.54 Å². The van der Waals surface area contributed by atoms with E-state index in [1.165, 1.54) is 0 Å². The summed E-state index contributed by atoms with van der Waals surface area (Å²) in [6, 6.07) is 17.8. The van der Waals surface area contributed by atoms with Crippen LogP contribution in [0.5, 0.6) is 0 Å². The normalized spacial score (nSPS) is 10.2. The largest absolute Gasteiger partial charge is 0.364 e. The lowest BCUT2D eigenvalue weighted by Crippen LogP contribution is -2.08. The number of nitrogens with one attached hydrogen (secondary N) is 2. The number of pyridine rings is 1. The molecule has 120 valence electrons. The molecular formula is C19H19N5. The number of hydrogen-bond acceptors (Lipinski definition) is 5. The molecule has 5 heteroatoms. The van der Waals surface area contributed by atoms with E-state index in [0.717, 1.165) is 22.8 Å². The van der Waals surface area contributed by atoms with Crippen LogP contribution in [-0.4, -0.2) is 21.5 Å². The molecule has 3 aromatic rings. The Morgan fingerprint density at radius 1 is 0.958 bits per heavy atom. The van der Waals surface area contributed by atoms with Gasteiger partial charge in [-0.2, -0.15) is 4.98 Å². The second-order valence-electron chi connectivity index (χ2n) is 5.17. The Morgan fingerprint density at radius 3 is 2.54 bits per heavy atom. The van der Waals surface area contributed by atoms with Gasteiger partial charge in [-0.05, 0) is 12.1 Å². The molecule has 0 saturated heterocycles. The number of rotatable bonds is 7. The van der Waals surface area contributed by atoms with Crippen molar-refractivity contribution in [3.8, 4) is 11.3 Å². The number of nitrogens with zero attached hydrogens (tertiary/aromatic N) is 3. The zero-order chi connectivity index (χ0) is 16.6. The van der Waals surface area contributed by atoms with Gasteiger partial charge < -0.3 is 10.6 Å². The van der Waals surface area contributed by atoms with Crippen LogP contribution in [0.15, 0.2) is 73.4 Å². The first-order valence-corrected chi connectivity index (χ1v) is 7.78. The predicted octanol–water partition coefficient (Wildman–Crippen LogP) is 3.75. The fourth-order valence-electron chi connectivity index (χ4n) is 2.22. The topological polar surface area (TPSA) is 62.7 Å². The van der Waals surface area contributed by atoms with Gasteiger partial charge >= 0.3 is 0 Å². The molecule has 0 aliphatic heterocycles. The van der Waals surface area contributed by atoms with Crippen LogP contribution in [0.25, 0.3) is 11.3 Å². The Hall–Kier alpha value is -3.21. The highest BCUT2D eigenvalue weighted by Gasteiger charge is 2.06. The Balaban J connectivity index is 1.85. The zero-order valence-corrected chi connectivity index (χ0v) is 13.3. The Kier molecular flexibility index (Phi) is 5.14. The molecule has 1 aromatic carbocycles. The molecule has 2 aromatic heterocycles. The first-order chi connectivity index (χ1) is 11.8. The molecule has 0 atom stereocenters. The van der Waals surface area contributed by atoms with Crippen molar-refractivity contribution in [2.45, 2.75) is 6.54 Å². The Labute approximate surface area is 141 Å². The third-order valence-electron chi connectivity index (χ3n) is 3.38. The number of hydrogen-bond donors (Lipinski definition) is 2. The van der Waals surface area contributed by atoms with Crippen molar-refractivity contribution < 1.29 is 0 Å². The molecule has 0 radical (unpaired) electrons. The minimum atomic E-state index is 0.569. The second kappa shape index (κ2) is 7.87. The highest BCUT2D eigenvalue weighted by atomic mass is 15.1. The van der Waals surface area contributed by atoms with Crippen LogP contribution in [0.4, 0.5) is 11.8 Å². The van der Waals surface area contributed by atoms with E-state index in [4.69, 9.17) is 0 Å². The first-order valence-electron chi connectivity index (χ1n) is 7.78.